The number of likely N-dealkylation sites (tertiary alicyclic amines) is 1. The van der Waals surface area contributed by atoms with E-state index in [1.54, 1.807) is 0 Å². The molecule has 3 nitrogen and oxygen atoms in total. The molecule has 1 aliphatic rings. The Kier molecular flexibility index (Phi) is 5.92. The number of amides is 1. The molecule has 0 aromatic heterocycles. The molecule has 0 spiro atoms. The molecule has 1 N–H and O–H groups in total. The van der Waals surface area contributed by atoms with Gasteiger partial charge in [0.1, 0.15) is 0 Å². The molecule has 132 valence electrons. The summed E-state index contributed by atoms with van der Waals surface area (Å²) < 4.78 is 1.06. The standard InChI is InChI=1S/C21H25BrN2O/c1-15-5-7-17(8-6-15)13-24-11-3-4-18(14-24)21(25)23-19-9-10-20(22)16(2)12-19/h5-10,12,18H,3-4,11,13-14H2,1-2H3,(H,23,25). The Bertz CT molecular complexity index is 742. The molecule has 2 aromatic rings. The summed E-state index contributed by atoms with van der Waals surface area (Å²) in [6.45, 7) is 6.95. The Morgan fingerprint density at radius 3 is 2.68 bits per heavy atom. The molecule has 0 saturated carbocycles. The third kappa shape index (κ3) is 4.93. The second-order valence-electron chi connectivity index (χ2n) is 7.01. The van der Waals surface area contributed by atoms with E-state index in [-0.39, 0.29) is 11.8 Å². The molecule has 25 heavy (non-hydrogen) atoms. The highest BCUT2D eigenvalue weighted by molar-refractivity contribution is 9.10. The highest BCUT2D eigenvalue weighted by Gasteiger charge is 2.25. The molecule has 4 heteroatoms. The first-order valence-corrected chi connectivity index (χ1v) is 9.65. The van der Waals surface area contributed by atoms with Gasteiger partial charge < -0.3 is 5.32 Å². The normalized spacial score (nSPS) is 18.1. The SMILES string of the molecule is Cc1ccc(CN2CCCC(C(=O)Nc3ccc(Br)c(C)c3)C2)cc1. The van der Waals surface area contributed by atoms with Crippen LogP contribution in [0.5, 0.6) is 0 Å². The maximum atomic E-state index is 12.7. The number of halogens is 1. The molecule has 1 heterocycles. The number of carbonyl (C=O) groups is 1. The zero-order chi connectivity index (χ0) is 17.8. The van der Waals surface area contributed by atoms with Crippen LogP contribution in [0.1, 0.15) is 29.5 Å². The molecule has 1 saturated heterocycles. The van der Waals surface area contributed by atoms with Crippen molar-refractivity contribution in [2.75, 3.05) is 18.4 Å². The topological polar surface area (TPSA) is 32.3 Å². The van der Waals surface area contributed by atoms with E-state index in [0.717, 1.165) is 48.2 Å². The van der Waals surface area contributed by atoms with Gasteiger partial charge in [0, 0.05) is 23.2 Å². The van der Waals surface area contributed by atoms with Crippen molar-refractivity contribution in [3.63, 3.8) is 0 Å². The number of benzene rings is 2. The molecule has 1 amide bonds. The van der Waals surface area contributed by atoms with Crippen molar-refractivity contribution in [3.8, 4) is 0 Å². The summed E-state index contributed by atoms with van der Waals surface area (Å²) in [5.41, 5.74) is 4.60. The fourth-order valence-electron chi connectivity index (χ4n) is 3.33. The first-order valence-electron chi connectivity index (χ1n) is 8.86. The summed E-state index contributed by atoms with van der Waals surface area (Å²) >= 11 is 3.50. The maximum Gasteiger partial charge on any atom is 0.228 e. The van der Waals surface area contributed by atoms with Crippen LogP contribution in [0.25, 0.3) is 0 Å². The summed E-state index contributed by atoms with van der Waals surface area (Å²) in [5.74, 6) is 0.193. The van der Waals surface area contributed by atoms with Crippen LogP contribution < -0.4 is 5.32 Å². The van der Waals surface area contributed by atoms with E-state index in [2.05, 4.69) is 57.3 Å². The molecule has 0 radical (unpaired) electrons. The molecule has 3 rings (SSSR count). The number of hydrogen-bond acceptors (Lipinski definition) is 2. The van der Waals surface area contributed by atoms with Crippen LogP contribution in [0, 0.1) is 19.8 Å². The maximum absolute atomic E-state index is 12.7. The summed E-state index contributed by atoms with van der Waals surface area (Å²) in [7, 11) is 0. The first-order chi connectivity index (χ1) is 12.0. The molecule has 1 unspecified atom stereocenters. The number of nitrogens with zero attached hydrogens (tertiary/aromatic N) is 1. The van der Waals surface area contributed by atoms with Gasteiger partial charge in [-0.2, -0.15) is 0 Å². The molecule has 0 aliphatic carbocycles. The fourth-order valence-corrected chi connectivity index (χ4v) is 3.58. The van der Waals surface area contributed by atoms with Crippen molar-refractivity contribution < 1.29 is 4.79 Å². The summed E-state index contributed by atoms with van der Waals surface area (Å²) in [6.07, 6.45) is 2.04. The third-order valence-electron chi connectivity index (χ3n) is 4.83. The van der Waals surface area contributed by atoms with Crippen LogP contribution in [0.3, 0.4) is 0 Å². The zero-order valence-corrected chi connectivity index (χ0v) is 16.5. The Morgan fingerprint density at radius 2 is 1.96 bits per heavy atom. The highest BCUT2D eigenvalue weighted by atomic mass is 79.9. The van der Waals surface area contributed by atoms with Crippen LogP contribution in [0.4, 0.5) is 5.69 Å². The van der Waals surface area contributed by atoms with Crippen molar-refractivity contribution in [1.29, 1.82) is 0 Å². The number of piperidine rings is 1. The van der Waals surface area contributed by atoms with E-state index >= 15 is 0 Å². The summed E-state index contributed by atoms with van der Waals surface area (Å²) in [4.78, 5) is 15.1. The van der Waals surface area contributed by atoms with Gasteiger partial charge in [-0.05, 0) is 62.6 Å². The monoisotopic (exact) mass is 400 g/mol. The van der Waals surface area contributed by atoms with Gasteiger partial charge >= 0.3 is 0 Å². The van der Waals surface area contributed by atoms with Crippen molar-refractivity contribution in [2.45, 2.75) is 33.2 Å². The highest BCUT2D eigenvalue weighted by Crippen LogP contribution is 2.23. The minimum Gasteiger partial charge on any atom is -0.326 e. The van der Waals surface area contributed by atoms with Gasteiger partial charge in [-0.1, -0.05) is 45.8 Å². The van der Waals surface area contributed by atoms with Crippen molar-refractivity contribution in [2.24, 2.45) is 5.92 Å². The molecular weight excluding hydrogens is 376 g/mol. The van der Waals surface area contributed by atoms with Gasteiger partial charge in [-0.15, -0.1) is 0 Å². The smallest absolute Gasteiger partial charge is 0.228 e. The van der Waals surface area contributed by atoms with Crippen LogP contribution >= 0.6 is 15.9 Å². The average molecular weight is 401 g/mol. The van der Waals surface area contributed by atoms with Crippen LogP contribution in [-0.4, -0.2) is 23.9 Å². The fraction of sp³-hybridized carbons (Fsp3) is 0.381. The lowest BCUT2D eigenvalue weighted by Crippen LogP contribution is -2.40. The average Bonchev–Trinajstić information content (AvgIpc) is 2.60. The number of anilines is 1. The van der Waals surface area contributed by atoms with Gasteiger partial charge in [0.25, 0.3) is 0 Å². The number of hydrogen-bond donors (Lipinski definition) is 1. The molecule has 1 fully saturated rings. The minimum atomic E-state index is 0.0585. The van der Waals surface area contributed by atoms with Crippen molar-refractivity contribution in [3.05, 3.63) is 63.6 Å². The minimum absolute atomic E-state index is 0.0585. The van der Waals surface area contributed by atoms with E-state index in [0.29, 0.717) is 0 Å². The quantitative estimate of drug-likeness (QED) is 0.789. The predicted molar refractivity (Wildman–Crippen MR) is 107 cm³/mol. The molecule has 0 bridgehead atoms. The Hall–Kier alpha value is -1.65. The number of aryl methyl sites for hydroxylation is 2. The van der Waals surface area contributed by atoms with Gasteiger partial charge in [0.15, 0.2) is 0 Å². The number of nitrogens with one attached hydrogen (secondary N) is 1. The van der Waals surface area contributed by atoms with Crippen LogP contribution in [0.2, 0.25) is 0 Å². The number of carbonyl (C=O) groups excluding carboxylic acids is 1. The van der Waals surface area contributed by atoms with E-state index in [9.17, 15) is 4.79 Å². The Balaban J connectivity index is 1.59. The van der Waals surface area contributed by atoms with Gasteiger partial charge in [0.2, 0.25) is 5.91 Å². The van der Waals surface area contributed by atoms with E-state index in [4.69, 9.17) is 0 Å². The molecule has 2 aromatic carbocycles. The largest absolute Gasteiger partial charge is 0.326 e. The first kappa shape index (κ1) is 18.2. The van der Waals surface area contributed by atoms with Crippen LogP contribution in [-0.2, 0) is 11.3 Å². The molecule has 1 atom stereocenters. The number of rotatable bonds is 4. The Labute approximate surface area is 158 Å². The lowest BCUT2D eigenvalue weighted by Gasteiger charge is -2.32. The lowest BCUT2D eigenvalue weighted by atomic mass is 9.96. The predicted octanol–water partition coefficient (Wildman–Crippen LogP) is 4.92. The molecular formula is C21H25BrN2O. The molecule has 1 aliphatic heterocycles. The van der Waals surface area contributed by atoms with Gasteiger partial charge in [-0.25, -0.2) is 0 Å². The van der Waals surface area contributed by atoms with Crippen molar-refractivity contribution >= 4 is 27.5 Å². The zero-order valence-electron chi connectivity index (χ0n) is 14.9. The summed E-state index contributed by atoms with van der Waals surface area (Å²) in [6, 6.07) is 14.6. The lowest BCUT2D eigenvalue weighted by molar-refractivity contribution is -0.121. The summed E-state index contributed by atoms with van der Waals surface area (Å²) in [5, 5.41) is 3.09. The van der Waals surface area contributed by atoms with E-state index < -0.39 is 0 Å². The second kappa shape index (κ2) is 8.15. The van der Waals surface area contributed by atoms with Crippen LogP contribution in [0.15, 0.2) is 46.9 Å². The second-order valence-corrected chi connectivity index (χ2v) is 7.87. The van der Waals surface area contributed by atoms with Crippen molar-refractivity contribution in [1.82, 2.24) is 4.90 Å². The van der Waals surface area contributed by atoms with E-state index in [1.165, 1.54) is 11.1 Å². The third-order valence-corrected chi connectivity index (χ3v) is 5.72. The van der Waals surface area contributed by atoms with Gasteiger partial charge in [-0.3, -0.25) is 9.69 Å². The van der Waals surface area contributed by atoms with E-state index in [1.807, 2.05) is 25.1 Å². The van der Waals surface area contributed by atoms with Gasteiger partial charge in [0.05, 0.1) is 5.92 Å². The Morgan fingerprint density at radius 1 is 1.20 bits per heavy atom.